The van der Waals surface area contributed by atoms with Crippen LogP contribution in [-0.4, -0.2) is 12.6 Å². The molecule has 1 aliphatic carbocycles. The topological polar surface area (TPSA) is 3.24 Å². The zero-order chi connectivity index (χ0) is 18.4. The second kappa shape index (κ2) is 9.05. The Kier molecular flexibility index (Phi) is 7.34. The number of benzene rings is 1. The van der Waals surface area contributed by atoms with E-state index in [0.717, 1.165) is 36.6 Å². The van der Waals surface area contributed by atoms with Crippen LogP contribution in [0.3, 0.4) is 0 Å². The molecular formula is C23H38FN. The van der Waals surface area contributed by atoms with Gasteiger partial charge in [-0.15, -0.1) is 0 Å². The molecule has 0 heterocycles. The molecule has 0 amide bonds. The molecule has 1 atom stereocenters. The summed E-state index contributed by atoms with van der Waals surface area (Å²) in [6, 6.07) is 6.37. The molecule has 0 saturated heterocycles. The average Bonchev–Trinajstić information content (AvgIpc) is 3.12. The highest BCUT2D eigenvalue weighted by molar-refractivity contribution is 5.51. The molecule has 25 heavy (non-hydrogen) atoms. The van der Waals surface area contributed by atoms with Crippen LogP contribution in [0.25, 0.3) is 0 Å². The zero-order valence-electron chi connectivity index (χ0n) is 17.1. The highest BCUT2D eigenvalue weighted by atomic mass is 19.1. The van der Waals surface area contributed by atoms with Crippen LogP contribution in [0.2, 0.25) is 0 Å². The molecule has 1 nitrogen and oxygen atoms in total. The Morgan fingerprint density at radius 1 is 1.16 bits per heavy atom. The Bertz CT molecular complexity index is 531. The van der Waals surface area contributed by atoms with Crippen LogP contribution in [0.5, 0.6) is 0 Å². The number of hydrogen-bond acceptors (Lipinski definition) is 1. The lowest BCUT2D eigenvalue weighted by atomic mass is 9.82. The second-order valence-electron chi connectivity index (χ2n) is 8.48. The first-order valence-corrected chi connectivity index (χ1v) is 10.5. The van der Waals surface area contributed by atoms with Crippen molar-refractivity contribution in [3.63, 3.8) is 0 Å². The van der Waals surface area contributed by atoms with Gasteiger partial charge < -0.3 is 4.90 Å². The first kappa shape index (κ1) is 20.3. The van der Waals surface area contributed by atoms with Gasteiger partial charge in [0, 0.05) is 12.6 Å². The first-order chi connectivity index (χ1) is 11.9. The molecule has 0 aliphatic heterocycles. The lowest BCUT2D eigenvalue weighted by Gasteiger charge is -2.34. The minimum Gasteiger partial charge on any atom is -0.366 e. The summed E-state index contributed by atoms with van der Waals surface area (Å²) in [5.74, 6) is 0.852. The molecule has 1 saturated carbocycles. The summed E-state index contributed by atoms with van der Waals surface area (Å²) in [4.78, 5) is 2.30. The van der Waals surface area contributed by atoms with E-state index in [4.69, 9.17) is 0 Å². The van der Waals surface area contributed by atoms with Gasteiger partial charge in [-0.05, 0) is 61.6 Å². The van der Waals surface area contributed by atoms with Crippen molar-refractivity contribution in [2.45, 2.75) is 97.4 Å². The van der Waals surface area contributed by atoms with Gasteiger partial charge in [0.15, 0.2) is 0 Å². The van der Waals surface area contributed by atoms with Gasteiger partial charge in [-0.25, -0.2) is 4.39 Å². The summed E-state index contributed by atoms with van der Waals surface area (Å²) < 4.78 is 15.0. The van der Waals surface area contributed by atoms with Crippen LogP contribution >= 0.6 is 0 Å². The van der Waals surface area contributed by atoms with Gasteiger partial charge in [0.05, 0.1) is 5.69 Å². The minimum absolute atomic E-state index is 0.0308. The van der Waals surface area contributed by atoms with Crippen molar-refractivity contribution < 1.29 is 4.39 Å². The molecule has 0 N–H and O–H groups in total. The monoisotopic (exact) mass is 347 g/mol. The molecule has 1 aliphatic rings. The maximum atomic E-state index is 15.0. The molecule has 1 fully saturated rings. The van der Waals surface area contributed by atoms with Crippen molar-refractivity contribution in [1.29, 1.82) is 0 Å². The molecule has 2 rings (SSSR count). The third kappa shape index (κ3) is 4.99. The van der Waals surface area contributed by atoms with Gasteiger partial charge in [-0.2, -0.15) is 0 Å². The smallest absolute Gasteiger partial charge is 0.146 e. The quantitative estimate of drug-likeness (QED) is 0.461. The SMILES string of the molecule is CCC(CCC1CCCC1)N(CC)c1ccc(C(C)(C)CC)cc1F. The molecule has 1 aromatic rings. The Hall–Kier alpha value is -1.05. The maximum absolute atomic E-state index is 15.0. The average molecular weight is 348 g/mol. The minimum atomic E-state index is -0.0554. The van der Waals surface area contributed by atoms with Crippen molar-refractivity contribution in [1.82, 2.24) is 0 Å². The van der Waals surface area contributed by atoms with Crippen molar-refractivity contribution in [2.75, 3.05) is 11.4 Å². The van der Waals surface area contributed by atoms with Crippen LogP contribution in [0.15, 0.2) is 18.2 Å². The number of halogens is 1. The fourth-order valence-electron chi connectivity index (χ4n) is 4.30. The molecule has 0 bridgehead atoms. The summed E-state index contributed by atoms with van der Waals surface area (Å²) in [5.41, 5.74) is 1.92. The lowest BCUT2D eigenvalue weighted by Crippen LogP contribution is -2.36. The van der Waals surface area contributed by atoms with Crippen LogP contribution in [0, 0.1) is 11.7 Å². The standard InChI is InChI=1S/C23H38FN/c1-6-20(15-13-18-11-9-10-12-18)25(8-3)22-16-14-19(17-21(22)24)23(4,5)7-2/h14,16-18,20H,6-13,15H2,1-5H3. The summed E-state index contributed by atoms with van der Waals surface area (Å²) in [7, 11) is 0. The number of nitrogens with zero attached hydrogens (tertiary/aromatic N) is 1. The molecule has 0 aromatic heterocycles. The summed E-state index contributed by atoms with van der Waals surface area (Å²) in [6.45, 7) is 11.8. The van der Waals surface area contributed by atoms with Gasteiger partial charge in [0.25, 0.3) is 0 Å². The number of anilines is 1. The van der Waals surface area contributed by atoms with Crippen LogP contribution in [-0.2, 0) is 5.41 Å². The Balaban J connectivity index is 2.14. The third-order valence-corrected chi connectivity index (χ3v) is 6.56. The van der Waals surface area contributed by atoms with E-state index < -0.39 is 0 Å². The van der Waals surface area contributed by atoms with Gasteiger partial charge in [-0.3, -0.25) is 0 Å². The number of rotatable bonds is 9. The van der Waals surface area contributed by atoms with Crippen molar-refractivity contribution in [3.8, 4) is 0 Å². The van der Waals surface area contributed by atoms with Gasteiger partial charge in [-0.1, -0.05) is 59.4 Å². The highest BCUT2D eigenvalue weighted by Crippen LogP contribution is 2.34. The molecule has 142 valence electrons. The molecule has 2 heteroatoms. The first-order valence-electron chi connectivity index (χ1n) is 10.5. The Labute approximate surface area is 155 Å². The number of hydrogen-bond donors (Lipinski definition) is 0. The van der Waals surface area contributed by atoms with Gasteiger partial charge >= 0.3 is 0 Å². The molecule has 1 unspecified atom stereocenters. The van der Waals surface area contributed by atoms with E-state index in [1.54, 1.807) is 6.07 Å². The van der Waals surface area contributed by atoms with E-state index in [1.165, 1.54) is 38.5 Å². The van der Waals surface area contributed by atoms with Crippen LogP contribution in [0.4, 0.5) is 10.1 Å². The largest absolute Gasteiger partial charge is 0.366 e. The van der Waals surface area contributed by atoms with Gasteiger partial charge in [0.1, 0.15) is 5.82 Å². The molecular weight excluding hydrogens is 309 g/mol. The van der Waals surface area contributed by atoms with E-state index in [-0.39, 0.29) is 11.2 Å². The molecule has 1 aromatic carbocycles. The van der Waals surface area contributed by atoms with E-state index in [2.05, 4.69) is 45.6 Å². The van der Waals surface area contributed by atoms with E-state index >= 15 is 0 Å². The van der Waals surface area contributed by atoms with Crippen molar-refractivity contribution in [3.05, 3.63) is 29.6 Å². The lowest BCUT2D eigenvalue weighted by molar-refractivity contribution is 0.427. The second-order valence-corrected chi connectivity index (χ2v) is 8.48. The third-order valence-electron chi connectivity index (χ3n) is 6.56. The molecule has 0 spiro atoms. The van der Waals surface area contributed by atoms with E-state index in [9.17, 15) is 4.39 Å². The summed E-state index contributed by atoms with van der Waals surface area (Å²) in [5, 5.41) is 0. The highest BCUT2D eigenvalue weighted by Gasteiger charge is 2.24. The zero-order valence-corrected chi connectivity index (χ0v) is 17.1. The summed E-state index contributed by atoms with van der Waals surface area (Å²) >= 11 is 0. The normalized spacial score (nSPS) is 17.0. The Morgan fingerprint density at radius 2 is 1.84 bits per heavy atom. The fraction of sp³-hybridized carbons (Fsp3) is 0.739. The van der Waals surface area contributed by atoms with E-state index in [1.807, 2.05) is 6.07 Å². The maximum Gasteiger partial charge on any atom is 0.146 e. The molecule has 0 radical (unpaired) electrons. The Morgan fingerprint density at radius 3 is 2.36 bits per heavy atom. The fourth-order valence-corrected chi connectivity index (χ4v) is 4.30. The van der Waals surface area contributed by atoms with E-state index in [0.29, 0.717) is 6.04 Å². The van der Waals surface area contributed by atoms with Gasteiger partial charge in [0.2, 0.25) is 0 Å². The van der Waals surface area contributed by atoms with Crippen LogP contribution < -0.4 is 4.90 Å². The predicted octanol–water partition coefficient (Wildman–Crippen LogP) is 7.09. The predicted molar refractivity (Wildman–Crippen MR) is 108 cm³/mol. The van der Waals surface area contributed by atoms with Crippen molar-refractivity contribution in [2.24, 2.45) is 5.92 Å². The summed E-state index contributed by atoms with van der Waals surface area (Å²) in [6.07, 6.45) is 10.2. The van der Waals surface area contributed by atoms with Crippen molar-refractivity contribution >= 4 is 5.69 Å². The van der Waals surface area contributed by atoms with Crippen LogP contribution in [0.1, 0.15) is 91.5 Å².